The molecule has 6 rings (SSSR count). The lowest BCUT2D eigenvalue weighted by atomic mass is 9.82. The predicted molar refractivity (Wildman–Crippen MR) is 149 cm³/mol. The van der Waals surface area contributed by atoms with Gasteiger partial charge >= 0.3 is 6.18 Å². The van der Waals surface area contributed by atoms with Crippen LogP contribution in [0.4, 0.5) is 13.2 Å². The fraction of sp³-hybridized carbons (Fsp3) is 0.375. The van der Waals surface area contributed by atoms with Crippen molar-refractivity contribution in [2.75, 3.05) is 13.1 Å². The van der Waals surface area contributed by atoms with Crippen molar-refractivity contribution in [2.45, 2.75) is 57.3 Å². The molecule has 1 unspecified atom stereocenters. The molecule has 1 aliphatic heterocycles. The number of nitrogens with zero attached hydrogens (tertiary/aromatic N) is 2. The third-order valence-electron chi connectivity index (χ3n) is 8.41. The van der Waals surface area contributed by atoms with Crippen LogP contribution in [0.15, 0.2) is 67.0 Å². The Bertz CT molecular complexity index is 1470. The Morgan fingerprint density at radius 2 is 1.82 bits per heavy atom. The number of aromatic nitrogens is 2. The van der Waals surface area contributed by atoms with Crippen LogP contribution in [0.2, 0.25) is 0 Å². The number of hydrogen-bond acceptors (Lipinski definition) is 3. The Balaban J connectivity index is 1.08. The summed E-state index contributed by atoms with van der Waals surface area (Å²) < 4.78 is 38.8. The van der Waals surface area contributed by atoms with E-state index in [1.807, 2.05) is 30.5 Å². The number of carbonyl (C=O) groups is 1. The third-order valence-corrected chi connectivity index (χ3v) is 8.41. The number of aryl methyl sites for hydroxylation is 1. The zero-order chi connectivity index (χ0) is 27.7. The summed E-state index contributed by atoms with van der Waals surface area (Å²) in [4.78, 5) is 23.3. The fourth-order valence-corrected chi connectivity index (χ4v) is 6.22. The summed E-state index contributed by atoms with van der Waals surface area (Å²) in [6, 6.07) is 15.6. The summed E-state index contributed by atoms with van der Waals surface area (Å²) in [6.07, 6.45) is 4.67. The lowest BCUT2D eigenvalue weighted by molar-refractivity contribution is -0.137. The third kappa shape index (κ3) is 5.92. The summed E-state index contributed by atoms with van der Waals surface area (Å²) in [5.41, 5.74) is 5.65. The van der Waals surface area contributed by atoms with E-state index in [1.54, 1.807) is 18.3 Å². The van der Waals surface area contributed by atoms with E-state index in [-0.39, 0.29) is 11.9 Å². The first kappa shape index (κ1) is 26.6. The zero-order valence-corrected chi connectivity index (χ0v) is 22.3. The highest BCUT2D eigenvalue weighted by Crippen LogP contribution is 2.35. The molecular formula is C32H33F3N4O. The second kappa shape index (κ2) is 11.1. The molecule has 8 heteroatoms. The molecule has 4 aromatic rings. The number of piperidine rings is 1. The maximum atomic E-state index is 13.2. The van der Waals surface area contributed by atoms with Crippen molar-refractivity contribution >= 4 is 16.8 Å². The Morgan fingerprint density at radius 3 is 2.55 bits per heavy atom. The molecule has 0 radical (unpaired) electrons. The maximum absolute atomic E-state index is 13.2. The highest BCUT2D eigenvalue weighted by molar-refractivity contribution is 5.99. The average molecular weight is 547 g/mol. The molecule has 2 aliphatic rings. The number of fused-ring (bicyclic) bond motifs is 3. The van der Waals surface area contributed by atoms with Gasteiger partial charge in [-0.1, -0.05) is 18.2 Å². The van der Waals surface area contributed by atoms with Gasteiger partial charge in [-0.3, -0.25) is 14.7 Å². The van der Waals surface area contributed by atoms with Crippen LogP contribution in [0, 0.1) is 5.92 Å². The van der Waals surface area contributed by atoms with Gasteiger partial charge in [-0.15, -0.1) is 0 Å². The van der Waals surface area contributed by atoms with E-state index in [9.17, 15) is 18.0 Å². The summed E-state index contributed by atoms with van der Waals surface area (Å²) in [5.74, 6) is 0.303. The molecule has 0 spiro atoms. The first-order chi connectivity index (χ1) is 19.3. The van der Waals surface area contributed by atoms with Crippen molar-refractivity contribution in [2.24, 2.45) is 5.92 Å². The van der Waals surface area contributed by atoms with Crippen molar-refractivity contribution in [1.29, 1.82) is 0 Å². The molecule has 1 atom stereocenters. The minimum atomic E-state index is -4.32. The molecule has 2 aromatic heterocycles. The van der Waals surface area contributed by atoms with Crippen LogP contribution in [-0.2, 0) is 32.0 Å². The van der Waals surface area contributed by atoms with Crippen LogP contribution in [0.1, 0.15) is 57.6 Å². The van der Waals surface area contributed by atoms with Crippen LogP contribution in [0.3, 0.4) is 0 Å². The van der Waals surface area contributed by atoms with Crippen molar-refractivity contribution in [3.8, 4) is 0 Å². The van der Waals surface area contributed by atoms with Gasteiger partial charge in [0.25, 0.3) is 5.91 Å². The van der Waals surface area contributed by atoms with E-state index in [2.05, 4.69) is 26.3 Å². The number of benzene rings is 2. The van der Waals surface area contributed by atoms with Gasteiger partial charge in [0, 0.05) is 60.2 Å². The van der Waals surface area contributed by atoms with Gasteiger partial charge < -0.3 is 10.3 Å². The van der Waals surface area contributed by atoms with Crippen LogP contribution < -0.4 is 5.32 Å². The van der Waals surface area contributed by atoms with Crippen molar-refractivity contribution in [1.82, 2.24) is 20.2 Å². The van der Waals surface area contributed by atoms with E-state index in [0.717, 1.165) is 74.6 Å². The first-order valence-electron chi connectivity index (χ1n) is 14.0. The number of halogens is 3. The van der Waals surface area contributed by atoms with Crippen molar-refractivity contribution < 1.29 is 18.0 Å². The predicted octanol–water partition coefficient (Wildman–Crippen LogP) is 6.32. The number of aromatic amines is 1. The standard InChI is InChI=1S/C32H33F3N4O/c33-32(34,35)25-7-3-21(4-8-25)16-22-5-9-29-27(17-22)28-18-24(6-10-30(28)38-29)31(40)37-26-11-14-39(15-12-26)20-23-2-1-13-36-19-23/h1-4,6-8,10,13,18-19,22,26,38H,5,9,11-12,14-17,20H2,(H,37,40). The average Bonchev–Trinajstić information content (AvgIpc) is 3.32. The van der Waals surface area contributed by atoms with E-state index >= 15 is 0 Å². The Morgan fingerprint density at radius 1 is 1.02 bits per heavy atom. The SMILES string of the molecule is O=C(NC1CCN(Cc2cccnc2)CC1)c1ccc2[nH]c3c(c2c1)CC(Cc1ccc(C(F)(F)F)cc1)CC3. The number of amides is 1. The highest BCUT2D eigenvalue weighted by atomic mass is 19.4. The maximum Gasteiger partial charge on any atom is 0.416 e. The normalized spacial score (nSPS) is 18.5. The zero-order valence-electron chi connectivity index (χ0n) is 22.3. The van der Waals surface area contributed by atoms with Gasteiger partial charge in [-0.05, 0) is 97.5 Å². The number of carbonyl (C=O) groups excluding carboxylic acids is 1. The molecule has 0 bridgehead atoms. The van der Waals surface area contributed by atoms with Crippen molar-refractivity contribution in [3.63, 3.8) is 0 Å². The number of H-pyrrole nitrogens is 1. The quantitative estimate of drug-likeness (QED) is 0.297. The fourth-order valence-electron chi connectivity index (χ4n) is 6.22. The Labute approximate surface area is 231 Å². The minimum Gasteiger partial charge on any atom is -0.358 e. The summed E-state index contributed by atoms with van der Waals surface area (Å²) in [7, 11) is 0. The lowest BCUT2D eigenvalue weighted by Crippen LogP contribution is -2.44. The summed E-state index contributed by atoms with van der Waals surface area (Å²) in [6.45, 7) is 2.75. The highest BCUT2D eigenvalue weighted by Gasteiger charge is 2.30. The molecule has 40 heavy (non-hydrogen) atoms. The van der Waals surface area contributed by atoms with Gasteiger partial charge in [-0.25, -0.2) is 0 Å². The molecule has 2 aromatic carbocycles. The van der Waals surface area contributed by atoms with Gasteiger partial charge in [0.05, 0.1) is 5.56 Å². The molecule has 208 valence electrons. The Hall–Kier alpha value is -3.65. The second-order valence-electron chi connectivity index (χ2n) is 11.2. The number of alkyl halides is 3. The molecule has 1 fully saturated rings. The molecule has 3 heterocycles. The molecule has 1 amide bonds. The van der Waals surface area contributed by atoms with Crippen LogP contribution in [0.5, 0.6) is 0 Å². The van der Waals surface area contributed by atoms with Gasteiger partial charge in [-0.2, -0.15) is 13.2 Å². The van der Waals surface area contributed by atoms with E-state index in [0.29, 0.717) is 11.5 Å². The topological polar surface area (TPSA) is 61.0 Å². The molecule has 5 nitrogen and oxygen atoms in total. The Kier molecular flexibility index (Phi) is 7.36. The molecule has 2 N–H and O–H groups in total. The number of pyridine rings is 1. The first-order valence-corrected chi connectivity index (χ1v) is 14.0. The molecule has 0 saturated carbocycles. The van der Waals surface area contributed by atoms with E-state index < -0.39 is 11.7 Å². The van der Waals surface area contributed by atoms with Crippen molar-refractivity contribution in [3.05, 3.63) is 101 Å². The van der Waals surface area contributed by atoms with Gasteiger partial charge in [0.1, 0.15) is 0 Å². The number of likely N-dealkylation sites (tertiary alicyclic amines) is 1. The largest absolute Gasteiger partial charge is 0.416 e. The van der Waals surface area contributed by atoms with Crippen LogP contribution in [0.25, 0.3) is 10.9 Å². The molecule has 1 saturated heterocycles. The number of rotatable bonds is 6. The number of hydrogen-bond donors (Lipinski definition) is 2. The van der Waals surface area contributed by atoms with Gasteiger partial charge in [0.15, 0.2) is 0 Å². The smallest absolute Gasteiger partial charge is 0.358 e. The lowest BCUT2D eigenvalue weighted by Gasteiger charge is -2.32. The van der Waals surface area contributed by atoms with Crippen LogP contribution in [-0.4, -0.2) is 39.9 Å². The monoisotopic (exact) mass is 546 g/mol. The number of nitrogens with one attached hydrogen (secondary N) is 2. The summed E-state index contributed by atoms with van der Waals surface area (Å²) in [5, 5.41) is 4.32. The van der Waals surface area contributed by atoms with E-state index in [1.165, 1.54) is 29.0 Å². The van der Waals surface area contributed by atoms with E-state index in [4.69, 9.17) is 0 Å². The van der Waals surface area contributed by atoms with Gasteiger partial charge in [0.2, 0.25) is 0 Å². The second-order valence-corrected chi connectivity index (χ2v) is 11.2. The molecule has 1 aliphatic carbocycles. The summed E-state index contributed by atoms with van der Waals surface area (Å²) >= 11 is 0. The molecular weight excluding hydrogens is 513 g/mol. The van der Waals surface area contributed by atoms with Crippen LogP contribution >= 0.6 is 0 Å². The minimum absolute atomic E-state index is 0.0420.